The maximum atomic E-state index is 11.9. The molecule has 1 atom stereocenters. The van der Waals surface area contributed by atoms with Gasteiger partial charge in [-0.25, -0.2) is 0 Å². The second-order valence-corrected chi connectivity index (χ2v) is 5.98. The molecular weight excluding hydrogens is 264 g/mol. The fourth-order valence-electron chi connectivity index (χ4n) is 1.64. The number of hydrogen-bond acceptors (Lipinski definition) is 3. The Morgan fingerprint density at radius 1 is 1.47 bits per heavy atom. The van der Waals surface area contributed by atoms with Gasteiger partial charge in [0.05, 0.1) is 12.1 Å². The normalized spacial score (nSPS) is 12.7. The SMILES string of the molecule is CC(CCC(C)(C)C)NC(=O)c1coc(CN)c1.Cl. The van der Waals surface area contributed by atoms with Crippen molar-refractivity contribution in [3.05, 3.63) is 23.7 Å². The van der Waals surface area contributed by atoms with Crippen molar-refractivity contribution in [2.75, 3.05) is 0 Å². The van der Waals surface area contributed by atoms with E-state index in [1.54, 1.807) is 6.07 Å². The summed E-state index contributed by atoms with van der Waals surface area (Å²) in [6, 6.07) is 1.85. The van der Waals surface area contributed by atoms with E-state index in [4.69, 9.17) is 10.2 Å². The van der Waals surface area contributed by atoms with Gasteiger partial charge >= 0.3 is 0 Å². The first kappa shape index (κ1) is 18.0. The molecule has 0 bridgehead atoms. The molecule has 0 saturated heterocycles. The van der Waals surface area contributed by atoms with Gasteiger partial charge in [-0.05, 0) is 31.2 Å². The van der Waals surface area contributed by atoms with E-state index >= 15 is 0 Å². The lowest BCUT2D eigenvalue weighted by molar-refractivity contribution is 0.0935. The van der Waals surface area contributed by atoms with E-state index in [1.165, 1.54) is 6.26 Å². The van der Waals surface area contributed by atoms with Gasteiger partial charge in [0.15, 0.2) is 0 Å². The molecule has 4 nitrogen and oxygen atoms in total. The van der Waals surface area contributed by atoms with Crippen LogP contribution < -0.4 is 11.1 Å². The summed E-state index contributed by atoms with van der Waals surface area (Å²) in [6.07, 6.45) is 3.50. The highest BCUT2D eigenvalue weighted by atomic mass is 35.5. The zero-order valence-corrected chi connectivity index (χ0v) is 13.0. The van der Waals surface area contributed by atoms with Crippen LogP contribution in [0.25, 0.3) is 0 Å². The lowest BCUT2D eigenvalue weighted by Crippen LogP contribution is -2.33. The molecule has 0 radical (unpaired) electrons. The maximum Gasteiger partial charge on any atom is 0.254 e. The van der Waals surface area contributed by atoms with Crippen LogP contribution >= 0.6 is 12.4 Å². The third kappa shape index (κ3) is 6.64. The molecule has 0 aliphatic rings. The predicted octanol–water partition coefficient (Wildman–Crippen LogP) is 3.10. The van der Waals surface area contributed by atoms with E-state index in [0.29, 0.717) is 23.3 Å². The van der Waals surface area contributed by atoms with E-state index in [0.717, 1.165) is 12.8 Å². The number of halogens is 1. The first-order valence-electron chi connectivity index (χ1n) is 6.40. The minimum atomic E-state index is -0.0974. The lowest BCUT2D eigenvalue weighted by Gasteiger charge is -2.21. The Morgan fingerprint density at radius 2 is 2.11 bits per heavy atom. The molecule has 1 heterocycles. The summed E-state index contributed by atoms with van der Waals surface area (Å²) in [6.45, 7) is 8.93. The Balaban J connectivity index is 0.00000324. The van der Waals surface area contributed by atoms with Gasteiger partial charge in [0.2, 0.25) is 0 Å². The van der Waals surface area contributed by atoms with Crippen molar-refractivity contribution in [1.29, 1.82) is 0 Å². The van der Waals surface area contributed by atoms with Crippen LogP contribution in [0.5, 0.6) is 0 Å². The summed E-state index contributed by atoms with van der Waals surface area (Å²) in [7, 11) is 0. The fraction of sp³-hybridized carbons (Fsp3) is 0.643. The molecule has 5 heteroatoms. The third-order valence-electron chi connectivity index (χ3n) is 2.82. The number of rotatable bonds is 5. The summed E-state index contributed by atoms with van der Waals surface area (Å²) >= 11 is 0. The molecule has 0 saturated carbocycles. The molecular formula is C14H25ClN2O2. The van der Waals surface area contributed by atoms with Gasteiger partial charge < -0.3 is 15.5 Å². The van der Waals surface area contributed by atoms with Gasteiger partial charge in [0.25, 0.3) is 5.91 Å². The van der Waals surface area contributed by atoms with Crippen molar-refractivity contribution < 1.29 is 9.21 Å². The predicted molar refractivity (Wildman–Crippen MR) is 79.5 cm³/mol. The largest absolute Gasteiger partial charge is 0.467 e. The van der Waals surface area contributed by atoms with E-state index in [1.807, 2.05) is 6.92 Å². The lowest BCUT2D eigenvalue weighted by atomic mass is 9.89. The molecule has 0 spiro atoms. The van der Waals surface area contributed by atoms with Crippen LogP contribution in [0, 0.1) is 5.41 Å². The number of carbonyl (C=O) groups excluding carboxylic acids is 1. The number of carbonyl (C=O) groups is 1. The zero-order valence-electron chi connectivity index (χ0n) is 12.2. The van der Waals surface area contributed by atoms with Crippen molar-refractivity contribution in [3.63, 3.8) is 0 Å². The maximum absolute atomic E-state index is 11.9. The van der Waals surface area contributed by atoms with Gasteiger partial charge in [0.1, 0.15) is 12.0 Å². The Morgan fingerprint density at radius 3 is 2.58 bits per heavy atom. The van der Waals surface area contributed by atoms with Gasteiger partial charge in [-0.2, -0.15) is 0 Å². The van der Waals surface area contributed by atoms with Crippen LogP contribution in [-0.4, -0.2) is 11.9 Å². The third-order valence-corrected chi connectivity index (χ3v) is 2.82. The smallest absolute Gasteiger partial charge is 0.254 e. The van der Waals surface area contributed by atoms with E-state index < -0.39 is 0 Å². The molecule has 1 aromatic heterocycles. The monoisotopic (exact) mass is 288 g/mol. The van der Waals surface area contributed by atoms with Crippen LogP contribution in [0.15, 0.2) is 16.7 Å². The molecule has 19 heavy (non-hydrogen) atoms. The summed E-state index contributed by atoms with van der Waals surface area (Å²) in [4.78, 5) is 11.9. The highest BCUT2D eigenvalue weighted by Gasteiger charge is 2.15. The van der Waals surface area contributed by atoms with Gasteiger partial charge in [-0.1, -0.05) is 20.8 Å². The molecule has 110 valence electrons. The summed E-state index contributed by atoms with van der Waals surface area (Å²) in [5.74, 6) is 0.530. The zero-order chi connectivity index (χ0) is 13.8. The number of furan rings is 1. The first-order chi connectivity index (χ1) is 8.31. The summed E-state index contributed by atoms with van der Waals surface area (Å²) in [5, 5.41) is 2.97. The van der Waals surface area contributed by atoms with Gasteiger partial charge in [-0.3, -0.25) is 4.79 Å². The number of nitrogens with one attached hydrogen (secondary N) is 1. The average molecular weight is 289 g/mol. The standard InChI is InChI=1S/C14H24N2O2.ClH/c1-10(5-6-14(2,3)4)16-13(17)11-7-12(8-15)18-9-11;/h7,9-10H,5-6,8,15H2,1-4H3,(H,16,17);1H. The number of nitrogens with two attached hydrogens (primary N) is 1. The van der Waals surface area contributed by atoms with Crippen molar-refractivity contribution in [2.45, 2.75) is 53.1 Å². The molecule has 1 amide bonds. The number of amides is 1. The van der Waals surface area contributed by atoms with Crippen molar-refractivity contribution in [1.82, 2.24) is 5.32 Å². The molecule has 1 unspecified atom stereocenters. The van der Waals surface area contributed by atoms with Crippen LogP contribution in [0.2, 0.25) is 0 Å². The van der Waals surface area contributed by atoms with E-state index in [-0.39, 0.29) is 24.4 Å². The molecule has 0 aliphatic carbocycles. The molecule has 3 N–H and O–H groups in total. The summed E-state index contributed by atoms with van der Waals surface area (Å²) < 4.78 is 5.14. The van der Waals surface area contributed by atoms with E-state index in [2.05, 4.69) is 26.1 Å². The van der Waals surface area contributed by atoms with Crippen LogP contribution in [0.3, 0.4) is 0 Å². The Bertz CT molecular complexity index is 396. The second-order valence-electron chi connectivity index (χ2n) is 5.98. The van der Waals surface area contributed by atoms with Crippen molar-refractivity contribution >= 4 is 18.3 Å². The minimum Gasteiger partial charge on any atom is -0.467 e. The highest BCUT2D eigenvalue weighted by Crippen LogP contribution is 2.21. The molecule has 1 aromatic rings. The Kier molecular flexibility index (Phi) is 7.16. The van der Waals surface area contributed by atoms with E-state index in [9.17, 15) is 4.79 Å². The number of hydrogen-bond donors (Lipinski definition) is 2. The Labute approximate surface area is 121 Å². The van der Waals surface area contributed by atoms with Crippen molar-refractivity contribution in [2.24, 2.45) is 11.1 Å². The molecule has 0 aromatic carbocycles. The van der Waals surface area contributed by atoms with Crippen LogP contribution in [0.4, 0.5) is 0 Å². The highest BCUT2D eigenvalue weighted by molar-refractivity contribution is 5.94. The van der Waals surface area contributed by atoms with Crippen LogP contribution in [0.1, 0.15) is 56.7 Å². The van der Waals surface area contributed by atoms with Gasteiger partial charge in [0, 0.05) is 6.04 Å². The minimum absolute atomic E-state index is 0. The molecule has 0 fully saturated rings. The quantitative estimate of drug-likeness (QED) is 0.875. The summed E-state index contributed by atoms with van der Waals surface area (Å²) in [5.41, 5.74) is 6.27. The Hall–Kier alpha value is -1.00. The van der Waals surface area contributed by atoms with Crippen LogP contribution in [-0.2, 0) is 6.54 Å². The fourth-order valence-corrected chi connectivity index (χ4v) is 1.64. The van der Waals surface area contributed by atoms with Crippen molar-refractivity contribution in [3.8, 4) is 0 Å². The van der Waals surface area contributed by atoms with Gasteiger partial charge in [-0.15, -0.1) is 12.4 Å². The topological polar surface area (TPSA) is 68.3 Å². The first-order valence-corrected chi connectivity index (χ1v) is 6.40. The molecule has 1 rings (SSSR count). The second kappa shape index (κ2) is 7.56. The molecule has 0 aliphatic heterocycles. The average Bonchev–Trinajstić information content (AvgIpc) is 2.74.